The fourth-order valence-corrected chi connectivity index (χ4v) is 2.94. The minimum Gasteiger partial charge on any atom is -0.314 e. The van der Waals surface area contributed by atoms with Crippen LogP contribution in [-0.4, -0.2) is 30.6 Å². The first-order valence-corrected chi connectivity index (χ1v) is 8.56. The first kappa shape index (κ1) is 16.5. The second kappa shape index (κ2) is 7.95. The number of hydrogen-bond donors (Lipinski definition) is 1. The monoisotopic (exact) mass is 288 g/mol. The maximum Gasteiger partial charge on any atom is 0.0236 e. The topological polar surface area (TPSA) is 15.3 Å². The van der Waals surface area contributed by atoms with E-state index >= 15 is 0 Å². The Hall–Kier alpha value is -0.860. The highest BCUT2D eigenvalue weighted by Crippen LogP contribution is 2.19. The zero-order chi connectivity index (χ0) is 15.2. The van der Waals surface area contributed by atoms with Crippen molar-refractivity contribution in [2.24, 2.45) is 5.92 Å². The number of benzene rings is 1. The summed E-state index contributed by atoms with van der Waals surface area (Å²) >= 11 is 0. The largest absolute Gasteiger partial charge is 0.314 e. The lowest BCUT2D eigenvalue weighted by Crippen LogP contribution is -2.30. The normalized spacial score (nSPS) is 16.7. The molecule has 118 valence electrons. The van der Waals surface area contributed by atoms with Crippen LogP contribution in [0, 0.1) is 5.92 Å². The van der Waals surface area contributed by atoms with Crippen LogP contribution in [0.4, 0.5) is 0 Å². The van der Waals surface area contributed by atoms with E-state index < -0.39 is 0 Å². The molecule has 1 fully saturated rings. The Labute approximate surface area is 130 Å². The molecule has 2 nitrogen and oxygen atoms in total. The summed E-state index contributed by atoms with van der Waals surface area (Å²) in [6.45, 7) is 9.14. The van der Waals surface area contributed by atoms with Gasteiger partial charge in [0, 0.05) is 18.6 Å². The van der Waals surface area contributed by atoms with E-state index in [9.17, 15) is 0 Å². The summed E-state index contributed by atoms with van der Waals surface area (Å²) in [5, 5.41) is 3.62. The van der Waals surface area contributed by atoms with Gasteiger partial charge in [-0.25, -0.2) is 0 Å². The van der Waals surface area contributed by atoms with Gasteiger partial charge in [-0.1, -0.05) is 38.1 Å². The van der Waals surface area contributed by atoms with Crippen LogP contribution >= 0.6 is 0 Å². The van der Waals surface area contributed by atoms with Crippen molar-refractivity contribution in [3.63, 3.8) is 0 Å². The Morgan fingerprint density at radius 2 is 1.81 bits per heavy atom. The average molecular weight is 288 g/mol. The molecule has 1 N–H and O–H groups in total. The maximum absolute atomic E-state index is 3.62. The third kappa shape index (κ3) is 5.80. The minimum atomic E-state index is 0.641. The van der Waals surface area contributed by atoms with Crippen molar-refractivity contribution in [3.05, 3.63) is 35.4 Å². The van der Waals surface area contributed by atoms with Crippen LogP contribution in [0.2, 0.25) is 0 Å². The zero-order valence-electron chi connectivity index (χ0n) is 14.2. The summed E-state index contributed by atoms with van der Waals surface area (Å²) in [4.78, 5) is 2.49. The van der Waals surface area contributed by atoms with Crippen LogP contribution in [0.5, 0.6) is 0 Å². The average Bonchev–Trinajstić information content (AvgIpc) is 3.24. The van der Waals surface area contributed by atoms with Crippen molar-refractivity contribution in [1.29, 1.82) is 0 Å². The van der Waals surface area contributed by atoms with Gasteiger partial charge in [-0.15, -0.1) is 0 Å². The van der Waals surface area contributed by atoms with Crippen molar-refractivity contribution >= 4 is 0 Å². The highest BCUT2D eigenvalue weighted by atomic mass is 15.1. The van der Waals surface area contributed by atoms with Gasteiger partial charge in [0.05, 0.1) is 0 Å². The Balaban J connectivity index is 1.88. The van der Waals surface area contributed by atoms with Gasteiger partial charge in [0.25, 0.3) is 0 Å². The summed E-state index contributed by atoms with van der Waals surface area (Å²) in [5.74, 6) is 0.764. The van der Waals surface area contributed by atoms with E-state index in [-0.39, 0.29) is 0 Å². The highest BCUT2D eigenvalue weighted by Gasteiger charge is 2.20. The molecule has 1 aliphatic carbocycles. The van der Waals surface area contributed by atoms with E-state index in [2.05, 4.69) is 62.3 Å². The molecule has 0 heterocycles. The molecule has 0 radical (unpaired) electrons. The van der Waals surface area contributed by atoms with Crippen molar-refractivity contribution < 1.29 is 0 Å². The Bertz CT molecular complexity index is 423. The lowest BCUT2D eigenvalue weighted by Gasteiger charge is -2.27. The lowest BCUT2D eigenvalue weighted by atomic mass is 10.0. The molecular weight excluding hydrogens is 256 g/mol. The summed E-state index contributed by atoms with van der Waals surface area (Å²) < 4.78 is 0. The molecule has 0 spiro atoms. The van der Waals surface area contributed by atoms with Gasteiger partial charge in [0.1, 0.15) is 0 Å². The van der Waals surface area contributed by atoms with Gasteiger partial charge in [-0.05, 0) is 63.2 Å². The molecule has 1 aliphatic rings. The van der Waals surface area contributed by atoms with E-state index in [4.69, 9.17) is 0 Å². The first-order chi connectivity index (χ1) is 10.1. The van der Waals surface area contributed by atoms with Gasteiger partial charge in [-0.3, -0.25) is 4.90 Å². The van der Waals surface area contributed by atoms with Crippen LogP contribution in [0.15, 0.2) is 24.3 Å². The molecule has 0 bridgehead atoms. The van der Waals surface area contributed by atoms with Crippen LogP contribution in [0.1, 0.15) is 51.2 Å². The van der Waals surface area contributed by atoms with Crippen LogP contribution in [0.25, 0.3) is 0 Å². The first-order valence-electron chi connectivity index (χ1n) is 8.56. The summed E-state index contributed by atoms with van der Waals surface area (Å²) in [7, 11) is 2.26. The van der Waals surface area contributed by atoms with Crippen molar-refractivity contribution in [2.75, 3.05) is 13.6 Å². The van der Waals surface area contributed by atoms with E-state index in [0.717, 1.165) is 31.5 Å². The third-order valence-electron chi connectivity index (χ3n) is 4.51. The molecule has 1 atom stereocenters. The zero-order valence-corrected chi connectivity index (χ0v) is 14.2. The van der Waals surface area contributed by atoms with Crippen LogP contribution in [0.3, 0.4) is 0 Å². The molecule has 21 heavy (non-hydrogen) atoms. The summed E-state index contributed by atoms with van der Waals surface area (Å²) in [6.07, 6.45) is 5.16. The Kier molecular flexibility index (Phi) is 6.25. The number of hydrogen-bond acceptors (Lipinski definition) is 2. The second-order valence-corrected chi connectivity index (χ2v) is 7.14. The Morgan fingerprint density at radius 1 is 1.14 bits per heavy atom. The van der Waals surface area contributed by atoms with E-state index in [1.54, 1.807) is 0 Å². The van der Waals surface area contributed by atoms with Crippen molar-refractivity contribution in [3.8, 4) is 0 Å². The molecule has 1 unspecified atom stereocenters. The molecule has 1 aromatic carbocycles. The quantitative estimate of drug-likeness (QED) is 0.742. The predicted molar refractivity (Wildman–Crippen MR) is 91.6 cm³/mol. The van der Waals surface area contributed by atoms with E-state index in [1.165, 1.54) is 30.4 Å². The smallest absolute Gasteiger partial charge is 0.0236 e. The van der Waals surface area contributed by atoms with Crippen LogP contribution in [-0.2, 0) is 13.0 Å². The molecule has 1 saturated carbocycles. The lowest BCUT2D eigenvalue weighted by molar-refractivity contribution is 0.220. The summed E-state index contributed by atoms with van der Waals surface area (Å²) in [6, 6.07) is 10.4. The molecule has 0 aliphatic heterocycles. The predicted octanol–water partition coefficient (Wildman–Crippen LogP) is 3.85. The molecule has 0 aromatic heterocycles. The standard InChI is InChI=1S/C19H32N2/c1-15(2)13-16(3)21(4)14-18-8-6-5-7-17(18)11-12-20-19-9-10-19/h5-8,15-16,19-20H,9-14H2,1-4H3. The fraction of sp³-hybridized carbons (Fsp3) is 0.684. The molecule has 2 heteroatoms. The van der Waals surface area contributed by atoms with Crippen LogP contribution < -0.4 is 5.32 Å². The van der Waals surface area contributed by atoms with Gasteiger partial charge in [0.15, 0.2) is 0 Å². The fourth-order valence-electron chi connectivity index (χ4n) is 2.94. The van der Waals surface area contributed by atoms with Gasteiger partial charge < -0.3 is 5.32 Å². The highest BCUT2D eigenvalue weighted by molar-refractivity contribution is 5.27. The molecule has 0 amide bonds. The van der Waals surface area contributed by atoms with Crippen molar-refractivity contribution in [1.82, 2.24) is 10.2 Å². The Morgan fingerprint density at radius 3 is 2.43 bits per heavy atom. The van der Waals surface area contributed by atoms with Gasteiger partial charge in [-0.2, -0.15) is 0 Å². The molecule has 1 aromatic rings. The summed E-state index contributed by atoms with van der Waals surface area (Å²) in [5.41, 5.74) is 3.00. The second-order valence-electron chi connectivity index (χ2n) is 7.14. The number of nitrogens with zero attached hydrogens (tertiary/aromatic N) is 1. The van der Waals surface area contributed by atoms with Crippen molar-refractivity contribution in [2.45, 2.75) is 65.1 Å². The van der Waals surface area contributed by atoms with Gasteiger partial charge >= 0.3 is 0 Å². The SMILES string of the molecule is CC(C)CC(C)N(C)Cc1ccccc1CCNC1CC1. The molecule has 0 saturated heterocycles. The van der Waals surface area contributed by atoms with Gasteiger partial charge in [0.2, 0.25) is 0 Å². The number of rotatable bonds is 9. The molecule has 2 rings (SSSR count). The van der Waals surface area contributed by atoms with E-state index in [1.807, 2.05) is 0 Å². The number of nitrogens with one attached hydrogen (secondary N) is 1. The minimum absolute atomic E-state index is 0.641. The third-order valence-corrected chi connectivity index (χ3v) is 4.51. The maximum atomic E-state index is 3.62. The molecular formula is C19H32N2. The van der Waals surface area contributed by atoms with E-state index in [0.29, 0.717) is 6.04 Å².